The summed E-state index contributed by atoms with van der Waals surface area (Å²) < 4.78 is 36.3. The average Bonchev–Trinajstić information content (AvgIpc) is 2.20. The van der Waals surface area contributed by atoms with Gasteiger partial charge in [0.15, 0.2) is 5.92 Å². The van der Waals surface area contributed by atoms with Crippen LogP contribution in [0.5, 0.6) is 0 Å². The van der Waals surface area contributed by atoms with Gasteiger partial charge in [-0.2, -0.15) is 30.2 Å². The predicted molar refractivity (Wildman–Crippen MR) is 57.1 cm³/mol. The molecule has 0 aromatic carbocycles. The van der Waals surface area contributed by atoms with Crippen molar-refractivity contribution in [3.8, 4) is 6.07 Å². The molecule has 0 bridgehead atoms. The normalized spacial score (nSPS) is 13.4. The maximum Gasteiger partial charge on any atom is 0.405 e. The maximum atomic E-state index is 12.1. The second-order valence-electron chi connectivity index (χ2n) is 3.12. The minimum Gasteiger partial charge on any atom is -0.396 e. The molecule has 3 nitrogen and oxygen atoms in total. The lowest BCUT2D eigenvalue weighted by Crippen LogP contribution is -2.33. The van der Waals surface area contributed by atoms with E-state index in [2.05, 4.69) is 5.32 Å². The van der Waals surface area contributed by atoms with Crippen LogP contribution in [0.2, 0.25) is 0 Å². The fourth-order valence-electron chi connectivity index (χ4n) is 0.894. The van der Waals surface area contributed by atoms with Crippen LogP contribution < -0.4 is 5.32 Å². The molecule has 2 N–H and O–H groups in total. The highest BCUT2D eigenvalue weighted by molar-refractivity contribution is 7.99. The summed E-state index contributed by atoms with van der Waals surface area (Å²) in [6, 6.07) is 1.23. The van der Waals surface area contributed by atoms with Crippen LogP contribution in [0.15, 0.2) is 0 Å². The Morgan fingerprint density at radius 2 is 2.06 bits per heavy atom. The van der Waals surface area contributed by atoms with Crippen molar-refractivity contribution in [2.24, 2.45) is 5.92 Å². The van der Waals surface area contributed by atoms with E-state index >= 15 is 0 Å². The predicted octanol–water partition coefficient (Wildman–Crippen LogP) is 1.39. The summed E-state index contributed by atoms with van der Waals surface area (Å²) in [7, 11) is 0. The fraction of sp³-hybridized carbons (Fsp3) is 0.889. The van der Waals surface area contributed by atoms with Gasteiger partial charge in [-0.3, -0.25) is 0 Å². The van der Waals surface area contributed by atoms with Crippen LogP contribution >= 0.6 is 11.8 Å². The van der Waals surface area contributed by atoms with Crippen molar-refractivity contribution in [2.45, 2.75) is 12.6 Å². The number of alkyl halides is 3. The first-order chi connectivity index (χ1) is 7.52. The van der Waals surface area contributed by atoms with Crippen LogP contribution in [0.4, 0.5) is 13.2 Å². The molecular weight excluding hydrogens is 241 g/mol. The number of hydrogen-bond donors (Lipinski definition) is 2. The Bertz CT molecular complexity index is 218. The van der Waals surface area contributed by atoms with Gasteiger partial charge in [-0.15, -0.1) is 0 Å². The Hall–Kier alpha value is -0.450. The molecular formula is C9H15F3N2OS. The first kappa shape index (κ1) is 15.6. The summed E-state index contributed by atoms with van der Waals surface area (Å²) in [5, 5.41) is 19.4. The van der Waals surface area contributed by atoms with Crippen molar-refractivity contribution in [3.05, 3.63) is 0 Å². The van der Waals surface area contributed by atoms with Gasteiger partial charge in [-0.1, -0.05) is 0 Å². The first-order valence-electron chi connectivity index (χ1n) is 4.88. The average molecular weight is 256 g/mol. The SMILES string of the molecule is N#CC(CNCCSCCCO)C(F)(F)F. The molecule has 0 aromatic heterocycles. The minimum atomic E-state index is -4.45. The van der Waals surface area contributed by atoms with Crippen molar-refractivity contribution in [1.29, 1.82) is 5.26 Å². The Morgan fingerprint density at radius 3 is 2.56 bits per heavy atom. The van der Waals surface area contributed by atoms with Gasteiger partial charge < -0.3 is 10.4 Å². The van der Waals surface area contributed by atoms with Crippen molar-refractivity contribution in [3.63, 3.8) is 0 Å². The van der Waals surface area contributed by atoms with Crippen LogP contribution in [0, 0.1) is 17.2 Å². The van der Waals surface area contributed by atoms with Gasteiger partial charge in [0, 0.05) is 25.4 Å². The minimum absolute atomic E-state index is 0.130. The lowest BCUT2D eigenvalue weighted by Gasteiger charge is -2.13. The molecule has 0 aliphatic rings. The van der Waals surface area contributed by atoms with Crippen LogP contribution in [0.25, 0.3) is 0 Å². The lowest BCUT2D eigenvalue weighted by molar-refractivity contribution is -0.157. The van der Waals surface area contributed by atoms with Gasteiger partial charge in [0.2, 0.25) is 0 Å². The molecule has 0 aromatic rings. The summed E-state index contributed by atoms with van der Waals surface area (Å²) >= 11 is 1.56. The van der Waals surface area contributed by atoms with E-state index in [1.165, 1.54) is 6.07 Å². The second kappa shape index (κ2) is 8.67. The molecule has 0 fully saturated rings. The van der Waals surface area contributed by atoms with Crippen LogP contribution in [-0.4, -0.2) is 42.5 Å². The molecule has 1 unspecified atom stereocenters. The molecule has 0 aliphatic carbocycles. The van der Waals surface area contributed by atoms with Crippen molar-refractivity contribution < 1.29 is 18.3 Å². The highest BCUT2D eigenvalue weighted by Gasteiger charge is 2.39. The third kappa shape index (κ3) is 7.79. The van der Waals surface area contributed by atoms with E-state index in [1.807, 2.05) is 0 Å². The fourth-order valence-corrected chi connectivity index (χ4v) is 1.72. The molecule has 0 saturated heterocycles. The molecule has 0 rings (SSSR count). The number of thioether (sulfide) groups is 1. The number of aliphatic hydroxyl groups is 1. The highest BCUT2D eigenvalue weighted by atomic mass is 32.2. The quantitative estimate of drug-likeness (QED) is 0.644. The van der Waals surface area contributed by atoms with Crippen LogP contribution in [0.1, 0.15) is 6.42 Å². The number of halogens is 3. The van der Waals surface area contributed by atoms with E-state index < -0.39 is 12.1 Å². The summed E-state index contributed by atoms with van der Waals surface area (Å²) in [4.78, 5) is 0. The Kier molecular flexibility index (Phi) is 8.43. The number of nitrogens with zero attached hydrogens (tertiary/aromatic N) is 1. The third-order valence-electron chi connectivity index (χ3n) is 1.77. The third-order valence-corrected chi connectivity index (χ3v) is 2.84. The number of aliphatic hydroxyl groups excluding tert-OH is 1. The van der Waals surface area contributed by atoms with E-state index in [-0.39, 0.29) is 13.2 Å². The Labute approximate surface area is 97.0 Å². The highest BCUT2D eigenvalue weighted by Crippen LogP contribution is 2.24. The largest absolute Gasteiger partial charge is 0.405 e. The molecule has 0 spiro atoms. The van der Waals surface area contributed by atoms with E-state index in [4.69, 9.17) is 10.4 Å². The number of nitrogens with one attached hydrogen (secondary N) is 1. The topological polar surface area (TPSA) is 56.0 Å². The van der Waals surface area contributed by atoms with Gasteiger partial charge in [0.1, 0.15) is 0 Å². The zero-order chi connectivity index (χ0) is 12.4. The monoisotopic (exact) mass is 256 g/mol. The second-order valence-corrected chi connectivity index (χ2v) is 4.34. The van der Waals surface area contributed by atoms with Gasteiger partial charge in [-0.25, -0.2) is 0 Å². The summed E-state index contributed by atoms with van der Waals surface area (Å²) in [5.74, 6) is -0.468. The molecule has 0 amide bonds. The summed E-state index contributed by atoms with van der Waals surface area (Å²) in [6.07, 6.45) is -3.76. The summed E-state index contributed by atoms with van der Waals surface area (Å²) in [5.41, 5.74) is 0. The summed E-state index contributed by atoms with van der Waals surface area (Å²) in [6.45, 7) is 0.204. The van der Waals surface area contributed by atoms with Crippen LogP contribution in [0.3, 0.4) is 0 Å². The van der Waals surface area contributed by atoms with E-state index in [1.54, 1.807) is 11.8 Å². The van der Waals surface area contributed by atoms with Crippen molar-refractivity contribution >= 4 is 11.8 Å². The molecule has 1 atom stereocenters. The zero-order valence-electron chi connectivity index (χ0n) is 8.76. The van der Waals surface area contributed by atoms with Crippen molar-refractivity contribution in [1.82, 2.24) is 5.32 Å². The van der Waals surface area contributed by atoms with E-state index in [0.29, 0.717) is 18.7 Å². The van der Waals surface area contributed by atoms with E-state index in [9.17, 15) is 13.2 Å². The Balaban J connectivity index is 3.47. The van der Waals surface area contributed by atoms with Crippen LogP contribution in [-0.2, 0) is 0 Å². The molecule has 0 radical (unpaired) electrons. The zero-order valence-corrected chi connectivity index (χ0v) is 9.57. The number of nitriles is 1. The van der Waals surface area contributed by atoms with Gasteiger partial charge in [0.05, 0.1) is 6.07 Å². The maximum absolute atomic E-state index is 12.1. The van der Waals surface area contributed by atoms with Gasteiger partial charge in [-0.05, 0) is 12.2 Å². The lowest BCUT2D eigenvalue weighted by atomic mass is 10.1. The van der Waals surface area contributed by atoms with Crippen molar-refractivity contribution in [2.75, 3.05) is 31.2 Å². The molecule has 16 heavy (non-hydrogen) atoms. The molecule has 7 heteroatoms. The molecule has 0 heterocycles. The standard InChI is InChI=1S/C9H15F3N2OS/c10-9(11,12)8(6-13)7-14-2-5-16-4-1-3-15/h8,14-15H,1-5,7H2. The molecule has 0 aliphatic heterocycles. The van der Waals surface area contributed by atoms with E-state index in [0.717, 1.165) is 5.75 Å². The Morgan fingerprint density at radius 1 is 1.38 bits per heavy atom. The number of hydrogen-bond acceptors (Lipinski definition) is 4. The first-order valence-corrected chi connectivity index (χ1v) is 6.03. The number of rotatable bonds is 8. The smallest absolute Gasteiger partial charge is 0.396 e. The molecule has 0 saturated carbocycles. The molecule has 94 valence electrons. The van der Waals surface area contributed by atoms with Gasteiger partial charge >= 0.3 is 6.18 Å². The van der Waals surface area contributed by atoms with Gasteiger partial charge in [0.25, 0.3) is 0 Å².